The van der Waals surface area contributed by atoms with Crippen LogP contribution in [0.25, 0.3) is 22.3 Å². The lowest BCUT2D eigenvalue weighted by atomic mass is 9.93. The summed E-state index contributed by atoms with van der Waals surface area (Å²) in [6, 6.07) is 11.5. The van der Waals surface area contributed by atoms with Gasteiger partial charge in [-0.15, -0.1) is 0 Å². The van der Waals surface area contributed by atoms with Crippen molar-refractivity contribution in [1.29, 1.82) is 0 Å². The molecule has 0 saturated heterocycles. The summed E-state index contributed by atoms with van der Waals surface area (Å²) in [5, 5.41) is 14.9. The summed E-state index contributed by atoms with van der Waals surface area (Å²) in [4.78, 5) is 9.58. The van der Waals surface area contributed by atoms with Crippen molar-refractivity contribution in [3.05, 3.63) is 41.4 Å². The van der Waals surface area contributed by atoms with E-state index in [0.29, 0.717) is 22.3 Å². The molecular formula is C22H24ClN3O3. The van der Waals surface area contributed by atoms with Crippen LogP contribution in [0.2, 0.25) is 5.02 Å². The molecule has 1 aromatic heterocycles. The number of halogens is 1. The van der Waals surface area contributed by atoms with Gasteiger partial charge in [0.05, 0.1) is 25.8 Å². The van der Waals surface area contributed by atoms with Gasteiger partial charge in [0.2, 0.25) is 0 Å². The van der Waals surface area contributed by atoms with Crippen LogP contribution >= 0.6 is 11.6 Å². The van der Waals surface area contributed by atoms with Crippen LogP contribution in [-0.4, -0.2) is 41.4 Å². The highest BCUT2D eigenvalue weighted by molar-refractivity contribution is 6.30. The second kappa shape index (κ2) is 8.43. The quantitative estimate of drug-likeness (QED) is 0.632. The Morgan fingerprint density at radius 3 is 2.28 bits per heavy atom. The third-order valence-corrected chi connectivity index (χ3v) is 5.59. The molecule has 0 amide bonds. The Morgan fingerprint density at radius 1 is 0.966 bits per heavy atom. The molecule has 2 N–H and O–H groups in total. The van der Waals surface area contributed by atoms with Gasteiger partial charge < -0.3 is 19.9 Å². The van der Waals surface area contributed by atoms with E-state index >= 15 is 0 Å². The van der Waals surface area contributed by atoms with Gasteiger partial charge in [0, 0.05) is 28.1 Å². The minimum absolute atomic E-state index is 0.204. The molecular weight excluding hydrogens is 390 g/mol. The van der Waals surface area contributed by atoms with Gasteiger partial charge in [0.1, 0.15) is 5.82 Å². The maximum atomic E-state index is 9.81. The van der Waals surface area contributed by atoms with Crippen LogP contribution in [0.15, 0.2) is 36.4 Å². The largest absolute Gasteiger partial charge is 0.493 e. The van der Waals surface area contributed by atoms with E-state index in [1.165, 1.54) is 0 Å². The number of ether oxygens (including phenoxy) is 2. The van der Waals surface area contributed by atoms with Crippen LogP contribution in [0.5, 0.6) is 11.5 Å². The first-order chi connectivity index (χ1) is 14.1. The fourth-order valence-electron chi connectivity index (χ4n) is 3.71. The van der Waals surface area contributed by atoms with E-state index < -0.39 is 0 Å². The number of aliphatic hydroxyl groups is 1. The van der Waals surface area contributed by atoms with Gasteiger partial charge in [-0.05, 0) is 56.0 Å². The van der Waals surface area contributed by atoms with Gasteiger partial charge in [-0.2, -0.15) is 0 Å². The topological polar surface area (TPSA) is 76.5 Å². The minimum Gasteiger partial charge on any atom is -0.493 e. The average Bonchev–Trinajstić information content (AvgIpc) is 2.74. The summed E-state index contributed by atoms with van der Waals surface area (Å²) in [5.74, 6) is 2.61. The van der Waals surface area contributed by atoms with Gasteiger partial charge in [-0.25, -0.2) is 9.97 Å². The molecule has 4 rings (SSSR count). The fraction of sp³-hybridized carbons (Fsp3) is 0.364. The number of aromatic nitrogens is 2. The van der Waals surface area contributed by atoms with Crippen molar-refractivity contribution in [3.8, 4) is 22.9 Å². The van der Waals surface area contributed by atoms with Crippen molar-refractivity contribution in [2.75, 3.05) is 19.5 Å². The summed E-state index contributed by atoms with van der Waals surface area (Å²) in [5.41, 5.74) is 1.65. The van der Waals surface area contributed by atoms with Crippen molar-refractivity contribution in [2.45, 2.75) is 37.8 Å². The van der Waals surface area contributed by atoms with E-state index in [1.54, 1.807) is 14.2 Å². The Hall–Kier alpha value is -2.57. The summed E-state index contributed by atoms with van der Waals surface area (Å²) in [7, 11) is 3.22. The summed E-state index contributed by atoms with van der Waals surface area (Å²) >= 11 is 6.04. The highest BCUT2D eigenvalue weighted by Crippen LogP contribution is 2.36. The summed E-state index contributed by atoms with van der Waals surface area (Å²) < 4.78 is 10.9. The number of rotatable bonds is 5. The van der Waals surface area contributed by atoms with Gasteiger partial charge >= 0.3 is 0 Å². The zero-order valence-corrected chi connectivity index (χ0v) is 17.2. The Balaban J connectivity index is 1.81. The van der Waals surface area contributed by atoms with Crippen LogP contribution in [0.1, 0.15) is 25.7 Å². The Morgan fingerprint density at radius 2 is 1.62 bits per heavy atom. The molecule has 0 bridgehead atoms. The normalized spacial score (nSPS) is 19.2. The first-order valence-electron chi connectivity index (χ1n) is 9.71. The smallest absolute Gasteiger partial charge is 0.162 e. The van der Waals surface area contributed by atoms with Crippen LogP contribution in [-0.2, 0) is 0 Å². The standard InChI is InChI=1S/C22H24ClN3O3/c1-28-19-11-17-18(12-20(19)29-2)25-21(13-3-5-14(23)6-4-13)26-22(17)24-15-7-9-16(27)10-8-15/h3-6,11-12,15-16,27H,7-10H2,1-2H3,(H,24,25,26). The number of nitrogens with one attached hydrogen (secondary N) is 1. The average molecular weight is 414 g/mol. The zero-order valence-electron chi connectivity index (χ0n) is 16.5. The van der Waals surface area contributed by atoms with Crippen molar-refractivity contribution in [3.63, 3.8) is 0 Å². The monoisotopic (exact) mass is 413 g/mol. The zero-order chi connectivity index (χ0) is 20.4. The van der Waals surface area contributed by atoms with Crippen LogP contribution in [0.4, 0.5) is 5.82 Å². The predicted octanol–water partition coefficient (Wildman–Crippen LogP) is 4.68. The molecule has 0 spiro atoms. The second-order valence-electron chi connectivity index (χ2n) is 7.28. The number of nitrogens with zero attached hydrogens (tertiary/aromatic N) is 2. The number of anilines is 1. The highest BCUT2D eigenvalue weighted by Gasteiger charge is 2.21. The van der Waals surface area contributed by atoms with E-state index in [2.05, 4.69) is 5.32 Å². The van der Waals surface area contributed by atoms with E-state index in [1.807, 2.05) is 36.4 Å². The molecule has 1 aliphatic rings. The van der Waals surface area contributed by atoms with Crippen LogP contribution in [0, 0.1) is 0 Å². The number of aliphatic hydroxyl groups excluding tert-OH is 1. The maximum Gasteiger partial charge on any atom is 0.162 e. The molecule has 3 aromatic rings. The highest BCUT2D eigenvalue weighted by atomic mass is 35.5. The summed E-state index contributed by atoms with van der Waals surface area (Å²) in [6.45, 7) is 0. The number of benzene rings is 2. The Bertz CT molecular complexity index is 1000. The minimum atomic E-state index is -0.204. The first kappa shape index (κ1) is 19.7. The lowest BCUT2D eigenvalue weighted by Crippen LogP contribution is -2.28. The molecule has 0 unspecified atom stereocenters. The van der Waals surface area contributed by atoms with Gasteiger partial charge in [-0.1, -0.05) is 11.6 Å². The van der Waals surface area contributed by atoms with E-state index in [0.717, 1.165) is 48.0 Å². The maximum absolute atomic E-state index is 9.81. The number of hydrogen-bond donors (Lipinski definition) is 2. The van der Waals surface area contributed by atoms with Crippen molar-refractivity contribution in [1.82, 2.24) is 9.97 Å². The molecule has 2 aromatic carbocycles. The third kappa shape index (κ3) is 4.23. The molecule has 1 fully saturated rings. The molecule has 7 heteroatoms. The molecule has 0 aliphatic heterocycles. The lowest BCUT2D eigenvalue weighted by Gasteiger charge is -2.27. The van der Waals surface area contributed by atoms with E-state index in [-0.39, 0.29) is 12.1 Å². The van der Waals surface area contributed by atoms with Gasteiger partial charge in [0.15, 0.2) is 17.3 Å². The van der Waals surface area contributed by atoms with Crippen LogP contribution in [0.3, 0.4) is 0 Å². The Labute approximate surface area is 174 Å². The number of hydrogen-bond acceptors (Lipinski definition) is 6. The van der Waals surface area contributed by atoms with E-state index in [4.69, 9.17) is 31.0 Å². The lowest BCUT2D eigenvalue weighted by molar-refractivity contribution is 0.126. The van der Waals surface area contributed by atoms with Crippen molar-refractivity contribution in [2.24, 2.45) is 0 Å². The van der Waals surface area contributed by atoms with E-state index in [9.17, 15) is 5.11 Å². The summed E-state index contributed by atoms with van der Waals surface area (Å²) in [6.07, 6.45) is 3.18. The number of methoxy groups -OCH3 is 2. The molecule has 29 heavy (non-hydrogen) atoms. The molecule has 1 aliphatic carbocycles. The fourth-order valence-corrected chi connectivity index (χ4v) is 3.83. The molecule has 6 nitrogen and oxygen atoms in total. The molecule has 1 heterocycles. The molecule has 1 saturated carbocycles. The predicted molar refractivity (Wildman–Crippen MR) is 115 cm³/mol. The number of fused-ring (bicyclic) bond motifs is 1. The third-order valence-electron chi connectivity index (χ3n) is 5.34. The van der Waals surface area contributed by atoms with Gasteiger partial charge in [0.25, 0.3) is 0 Å². The SMILES string of the molecule is COc1cc2nc(-c3ccc(Cl)cc3)nc(NC3CCC(O)CC3)c2cc1OC. The van der Waals surface area contributed by atoms with Gasteiger partial charge in [-0.3, -0.25) is 0 Å². The van der Waals surface area contributed by atoms with Crippen molar-refractivity contribution >= 4 is 28.3 Å². The molecule has 0 radical (unpaired) electrons. The second-order valence-corrected chi connectivity index (χ2v) is 7.71. The van der Waals surface area contributed by atoms with Crippen LogP contribution < -0.4 is 14.8 Å². The Kier molecular flexibility index (Phi) is 5.74. The molecule has 0 atom stereocenters. The molecule has 152 valence electrons. The van der Waals surface area contributed by atoms with Crippen molar-refractivity contribution < 1.29 is 14.6 Å². The first-order valence-corrected chi connectivity index (χ1v) is 10.1.